The number of esters is 1. The highest BCUT2D eigenvalue weighted by molar-refractivity contribution is 7.89. The summed E-state index contributed by atoms with van der Waals surface area (Å²) in [5.41, 5.74) is -0.0317. The topological polar surface area (TPSA) is 102 Å². The van der Waals surface area contributed by atoms with E-state index in [-0.39, 0.29) is 22.3 Å². The number of amides is 1. The molecule has 0 aliphatic carbocycles. The van der Waals surface area contributed by atoms with Crippen molar-refractivity contribution in [2.75, 3.05) is 26.8 Å². The number of rotatable bonds is 7. The monoisotopic (exact) mass is 412 g/mol. The Bertz CT molecular complexity index is 799. The van der Waals surface area contributed by atoms with E-state index in [1.165, 1.54) is 29.6 Å². The number of sulfonamides is 1. The molecule has 1 aliphatic rings. The molecule has 28 heavy (non-hydrogen) atoms. The number of nitrogens with one attached hydrogen (secondary N) is 1. The van der Waals surface area contributed by atoms with Crippen LogP contribution in [0.1, 0.15) is 49.9 Å². The van der Waals surface area contributed by atoms with Crippen molar-refractivity contribution in [2.45, 2.75) is 50.5 Å². The first-order chi connectivity index (χ1) is 13.3. The number of methoxy groups -OCH3 is 1. The maximum Gasteiger partial charge on any atom is 0.342 e. The highest BCUT2D eigenvalue weighted by atomic mass is 32.2. The van der Waals surface area contributed by atoms with E-state index >= 15 is 0 Å². The number of nitrogens with zero attached hydrogens (tertiary/aromatic N) is 1. The first-order valence-electron chi connectivity index (χ1n) is 9.40. The Morgan fingerprint density at radius 3 is 2.36 bits per heavy atom. The Kier molecular flexibility index (Phi) is 7.82. The highest BCUT2D eigenvalue weighted by Crippen LogP contribution is 2.26. The van der Waals surface area contributed by atoms with Gasteiger partial charge in [-0.05, 0) is 44.9 Å². The van der Waals surface area contributed by atoms with Gasteiger partial charge in [-0.2, -0.15) is 4.31 Å². The molecule has 0 aromatic heterocycles. The number of ether oxygens (including phenoxy) is 2. The average Bonchev–Trinajstić information content (AvgIpc) is 2.95. The number of carbonyl (C=O) groups excluding carboxylic acids is 2. The van der Waals surface area contributed by atoms with Crippen LogP contribution in [-0.2, 0) is 19.6 Å². The van der Waals surface area contributed by atoms with Crippen molar-refractivity contribution in [3.8, 4) is 5.75 Å². The van der Waals surface area contributed by atoms with E-state index in [1.54, 1.807) is 13.8 Å². The van der Waals surface area contributed by atoms with Gasteiger partial charge in [0, 0.05) is 19.1 Å². The second kappa shape index (κ2) is 9.88. The van der Waals surface area contributed by atoms with Gasteiger partial charge in [0.1, 0.15) is 11.3 Å². The third kappa shape index (κ3) is 5.68. The summed E-state index contributed by atoms with van der Waals surface area (Å²) in [5, 5.41) is 2.61. The SMILES string of the molecule is COc1ccc(S(=O)(=O)N2CCCCCC2)cc1C(=O)OCC(=O)NC(C)C. The zero-order valence-corrected chi connectivity index (χ0v) is 17.4. The maximum atomic E-state index is 13.0. The largest absolute Gasteiger partial charge is 0.496 e. The molecule has 1 aliphatic heterocycles. The van der Waals surface area contributed by atoms with Gasteiger partial charge in [0.25, 0.3) is 5.91 Å². The molecule has 1 fully saturated rings. The molecule has 1 heterocycles. The molecule has 156 valence electrons. The molecule has 1 saturated heterocycles. The van der Waals surface area contributed by atoms with Crippen LogP contribution in [0.5, 0.6) is 5.75 Å². The van der Waals surface area contributed by atoms with E-state index in [0.717, 1.165) is 25.7 Å². The van der Waals surface area contributed by atoms with Gasteiger partial charge in [-0.25, -0.2) is 13.2 Å². The predicted molar refractivity (Wildman–Crippen MR) is 104 cm³/mol. The second-order valence-electron chi connectivity index (χ2n) is 6.98. The van der Waals surface area contributed by atoms with Crippen LogP contribution in [0.3, 0.4) is 0 Å². The lowest BCUT2D eigenvalue weighted by atomic mass is 10.2. The Labute approximate surface area is 166 Å². The summed E-state index contributed by atoms with van der Waals surface area (Å²) in [6.45, 7) is 4.05. The van der Waals surface area contributed by atoms with E-state index in [9.17, 15) is 18.0 Å². The van der Waals surface area contributed by atoms with Gasteiger partial charge in [-0.3, -0.25) is 4.79 Å². The van der Waals surface area contributed by atoms with Gasteiger partial charge >= 0.3 is 5.97 Å². The quantitative estimate of drug-likeness (QED) is 0.687. The van der Waals surface area contributed by atoms with Gasteiger partial charge in [-0.15, -0.1) is 0 Å². The summed E-state index contributed by atoms with van der Waals surface area (Å²) < 4.78 is 37.6. The van der Waals surface area contributed by atoms with Crippen molar-refractivity contribution >= 4 is 21.9 Å². The summed E-state index contributed by atoms with van der Waals surface area (Å²) in [5.74, 6) is -1.07. The number of benzene rings is 1. The molecule has 0 atom stereocenters. The Balaban J connectivity index is 2.22. The van der Waals surface area contributed by atoms with Crippen LogP contribution in [0.4, 0.5) is 0 Å². The van der Waals surface area contributed by atoms with Crippen LogP contribution in [0, 0.1) is 0 Å². The van der Waals surface area contributed by atoms with Crippen LogP contribution in [0.2, 0.25) is 0 Å². The first-order valence-corrected chi connectivity index (χ1v) is 10.8. The number of hydrogen-bond donors (Lipinski definition) is 1. The van der Waals surface area contributed by atoms with E-state index in [0.29, 0.717) is 13.1 Å². The molecule has 1 aromatic rings. The number of carbonyl (C=O) groups is 2. The summed E-state index contributed by atoms with van der Waals surface area (Å²) in [6.07, 6.45) is 3.64. The molecule has 0 saturated carbocycles. The molecular weight excluding hydrogens is 384 g/mol. The van der Waals surface area contributed by atoms with Crippen molar-refractivity contribution in [1.82, 2.24) is 9.62 Å². The van der Waals surface area contributed by atoms with Gasteiger partial charge in [0.2, 0.25) is 10.0 Å². The van der Waals surface area contributed by atoms with E-state index in [1.807, 2.05) is 0 Å². The second-order valence-corrected chi connectivity index (χ2v) is 8.92. The highest BCUT2D eigenvalue weighted by Gasteiger charge is 2.27. The van der Waals surface area contributed by atoms with Crippen LogP contribution >= 0.6 is 0 Å². The minimum Gasteiger partial charge on any atom is -0.496 e. The van der Waals surface area contributed by atoms with Gasteiger partial charge in [-0.1, -0.05) is 12.8 Å². The standard InChI is InChI=1S/C19H28N2O6S/c1-14(2)20-18(22)13-27-19(23)16-12-15(8-9-17(16)26-3)28(24,25)21-10-6-4-5-7-11-21/h8-9,12,14H,4-7,10-11,13H2,1-3H3,(H,20,22). The zero-order valence-electron chi connectivity index (χ0n) is 16.6. The van der Waals surface area contributed by atoms with Crippen molar-refractivity contribution in [2.24, 2.45) is 0 Å². The van der Waals surface area contributed by atoms with Gasteiger partial charge < -0.3 is 14.8 Å². The van der Waals surface area contributed by atoms with Crippen LogP contribution in [-0.4, -0.2) is 57.4 Å². The van der Waals surface area contributed by atoms with E-state index in [2.05, 4.69) is 5.32 Å². The van der Waals surface area contributed by atoms with Crippen molar-refractivity contribution in [3.63, 3.8) is 0 Å². The summed E-state index contributed by atoms with van der Waals surface area (Å²) in [7, 11) is -2.35. The van der Waals surface area contributed by atoms with Crippen LogP contribution < -0.4 is 10.1 Å². The molecule has 0 spiro atoms. The average molecular weight is 413 g/mol. The Morgan fingerprint density at radius 1 is 1.14 bits per heavy atom. The minimum atomic E-state index is -3.72. The fourth-order valence-corrected chi connectivity index (χ4v) is 4.55. The molecule has 0 bridgehead atoms. The first kappa shape index (κ1) is 22.2. The normalized spacial score (nSPS) is 15.7. The molecule has 2 rings (SSSR count). The molecule has 9 heteroatoms. The molecule has 1 aromatic carbocycles. The van der Waals surface area contributed by atoms with Crippen LogP contribution in [0.25, 0.3) is 0 Å². The Morgan fingerprint density at radius 2 is 1.79 bits per heavy atom. The van der Waals surface area contributed by atoms with E-state index < -0.39 is 28.5 Å². The summed E-state index contributed by atoms with van der Waals surface area (Å²) >= 11 is 0. The lowest BCUT2D eigenvalue weighted by Gasteiger charge is -2.20. The zero-order chi connectivity index (χ0) is 20.7. The maximum absolute atomic E-state index is 13.0. The molecule has 0 radical (unpaired) electrons. The lowest BCUT2D eigenvalue weighted by Crippen LogP contribution is -2.34. The van der Waals surface area contributed by atoms with Gasteiger partial charge in [0.05, 0.1) is 12.0 Å². The molecule has 8 nitrogen and oxygen atoms in total. The van der Waals surface area contributed by atoms with E-state index in [4.69, 9.17) is 9.47 Å². The molecule has 1 N–H and O–H groups in total. The van der Waals surface area contributed by atoms with Crippen LogP contribution in [0.15, 0.2) is 23.1 Å². The molecule has 0 unspecified atom stereocenters. The summed E-state index contributed by atoms with van der Waals surface area (Å²) in [4.78, 5) is 24.1. The van der Waals surface area contributed by atoms with Crippen molar-refractivity contribution in [3.05, 3.63) is 23.8 Å². The smallest absolute Gasteiger partial charge is 0.342 e. The van der Waals surface area contributed by atoms with Crippen molar-refractivity contribution < 1.29 is 27.5 Å². The third-order valence-corrected chi connectivity index (χ3v) is 6.27. The lowest BCUT2D eigenvalue weighted by molar-refractivity contribution is -0.124. The summed E-state index contributed by atoms with van der Waals surface area (Å²) in [6, 6.07) is 4.02. The number of hydrogen-bond acceptors (Lipinski definition) is 6. The fourth-order valence-electron chi connectivity index (χ4n) is 3.01. The van der Waals surface area contributed by atoms with Gasteiger partial charge in [0.15, 0.2) is 6.61 Å². The molecule has 1 amide bonds. The third-order valence-electron chi connectivity index (χ3n) is 4.38. The Hall–Kier alpha value is -2.13. The van der Waals surface area contributed by atoms with Crippen molar-refractivity contribution in [1.29, 1.82) is 0 Å². The fraction of sp³-hybridized carbons (Fsp3) is 0.579. The minimum absolute atomic E-state index is 0.00813. The predicted octanol–water partition coefficient (Wildman–Crippen LogP) is 1.94. The molecular formula is C19H28N2O6S.